The number of carbonyl (C=O) groups excluding carboxylic acids is 2. The Kier molecular flexibility index (Phi) is 4.92. The topological polar surface area (TPSA) is 66.5 Å². The van der Waals surface area contributed by atoms with Crippen molar-refractivity contribution >= 4 is 22.6 Å². The normalized spacial score (nSPS) is 23.9. The number of rotatable bonds is 4. The van der Waals surface area contributed by atoms with Crippen molar-refractivity contribution < 1.29 is 13.8 Å². The lowest BCUT2D eigenvalue weighted by molar-refractivity contribution is -0.132. The summed E-state index contributed by atoms with van der Waals surface area (Å²) in [6.45, 7) is 4.43. The van der Waals surface area contributed by atoms with Gasteiger partial charge in [0.25, 0.3) is 0 Å². The molecule has 6 heteroatoms. The first kappa shape index (κ1) is 13.2. The van der Waals surface area contributed by atoms with Gasteiger partial charge >= 0.3 is 0 Å². The number of carbonyl (C=O) groups is 2. The van der Waals surface area contributed by atoms with Crippen molar-refractivity contribution in [2.45, 2.75) is 26.3 Å². The number of hydrogen-bond donors (Lipinski definition) is 1. The van der Waals surface area contributed by atoms with E-state index in [1.165, 1.54) is 0 Å². The van der Waals surface area contributed by atoms with Crippen molar-refractivity contribution in [3.63, 3.8) is 0 Å². The lowest BCUT2D eigenvalue weighted by Gasteiger charge is -2.21. The lowest BCUT2D eigenvalue weighted by Crippen LogP contribution is -2.43. The summed E-state index contributed by atoms with van der Waals surface area (Å²) in [5.41, 5.74) is 0. The fourth-order valence-corrected chi connectivity index (χ4v) is 2.29. The van der Waals surface area contributed by atoms with E-state index in [-0.39, 0.29) is 11.8 Å². The van der Waals surface area contributed by atoms with Crippen LogP contribution in [-0.4, -0.2) is 51.6 Å². The minimum Gasteiger partial charge on any atom is -0.345 e. The summed E-state index contributed by atoms with van der Waals surface area (Å²) < 4.78 is 11.3. The minimum absolute atomic E-state index is 0.0843. The van der Waals surface area contributed by atoms with Crippen LogP contribution in [0, 0.1) is 0 Å². The van der Waals surface area contributed by atoms with Crippen molar-refractivity contribution in [3.05, 3.63) is 0 Å². The van der Waals surface area contributed by atoms with E-state index in [1.54, 1.807) is 11.8 Å². The van der Waals surface area contributed by atoms with E-state index in [0.717, 1.165) is 0 Å². The molecule has 0 aromatic heterocycles. The molecule has 1 rings (SSSR count). The van der Waals surface area contributed by atoms with Crippen LogP contribution in [0.5, 0.6) is 0 Å². The Hall–Kier alpha value is -0.910. The number of amides is 2. The smallest absolute Gasteiger partial charge is 0.244 e. The second kappa shape index (κ2) is 5.98. The molecular formula is C10H18N2O3S. The molecule has 2 atom stereocenters. The Morgan fingerprint density at radius 2 is 2.19 bits per heavy atom. The molecule has 1 aliphatic rings. The van der Waals surface area contributed by atoms with Crippen molar-refractivity contribution in [1.29, 1.82) is 0 Å². The molecule has 1 heterocycles. The van der Waals surface area contributed by atoms with E-state index >= 15 is 0 Å². The number of nitrogens with zero attached hydrogens (tertiary/aromatic N) is 1. The number of hydrogen-bond acceptors (Lipinski definition) is 3. The zero-order valence-electron chi connectivity index (χ0n) is 9.69. The summed E-state index contributed by atoms with van der Waals surface area (Å²) in [6, 6.07) is -0.468. The monoisotopic (exact) mass is 246 g/mol. The zero-order valence-corrected chi connectivity index (χ0v) is 10.5. The first-order chi connectivity index (χ1) is 7.54. The minimum atomic E-state index is -0.868. The van der Waals surface area contributed by atoms with Crippen LogP contribution in [0.25, 0.3) is 0 Å². The SMILES string of the molecule is CCS(=O)CCN1CCC(=O)NC(C)C1=O. The van der Waals surface area contributed by atoms with Crippen LogP contribution >= 0.6 is 0 Å². The van der Waals surface area contributed by atoms with Gasteiger partial charge < -0.3 is 10.2 Å². The Morgan fingerprint density at radius 3 is 2.81 bits per heavy atom. The van der Waals surface area contributed by atoms with Crippen molar-refractivity contribution in [2.75, 3.05) is 24.6 Å². The van der Waals surface area contributed by atoms with Gasteiger partial charge in [0.15, 0.2) is 0 Å². The molecule has 1 aliphatic heterocycles. The average Bonchev–Trinajstić information content (AvgIpc) is 2.37. The van der Waals surface area contributed by atoms with Crippen LogP contribution in [0.2, 0.25) is 0 Å². The summed E-state index contributed by atoms with van der Waals surface area (Å²) in [5.74, 6) is 0.914. The average molecular weight is 246 g/mol. The van der Waals surface area contributed by atoms with Crippen LogP contribution in [0.1, 0.15) is 20.3 Å². The molecule has 1 saturated heterocycles. The van der Waals surface area contributed by atoms with Crippen LogP contribution in [0.15, 0.2) is 0 Å². The maximum atomic E-state index is 11.8. The molecule has 0 spiro atoms. The van der Waals surface area contributed by atoms with Gasteiger partial charge in [0.2, 0.25) is 11.8 Å². The maximum Gasteiger partial charge on any atom is 0.244 e. The van der Waals surface area contributed by atoms with Crippen LogP contribution in [-0.2, 0) is 20.4 Å². The summed E-state index contributed by atoms with van der Waals surface area (Å²) >= 11 is 0. The molecule has 0 aliphatic carbocycles. The number of nitrogens with one attached hydrogen (secondary N) is 1. The highest BCUT2D eigenvalue weighted by atomic mass is 32.2. The third-order valence-electron chi connectivity index (χ3n) is 2.58. The lowest BCUT2D eigenvalue weighted by atomic mass is 10.3. The first-order valence-electron chi connectivity index (χ1n) is 5.47. The second-order valence-electron chi connectivity index (χ2n) is 3.80. The molecule has 0 saturated carbocycles. The molecule has 0 aromatic rings. The molecule has 5 nitrogen and oxygen atoms in total. The van der Waals surface area contributed by atoms with E-state index in [4.69, 9.17) is 0 Å². The van der Waals surface area contributed by atoms with Gasteiger partial charge in [0.1, 0.15) is 6.04 Å². The third-order valence-corrected chi connectivity index (χ3v) is 3.86. The molecule has 2 unspecified atom stereocenters. The van der Waals surface area contributed by atoms with Gasteiger partial charge in [0, 0.05) is 41.8 Å². The van der Waals surface area contributed by atoms with Crippen LogP contribution in [0.4, 0.5) is 0 Å². The van der Waals surface area contributed by atoms with Crippen LogP contribution in [0.3, 0.4) is 0 Å². The van der Waals surface area contributed by atoms with Gasteiger partial charge in [-0.2, -0.15) is 0 Å². The highest BCUT2D eigenvalue weighted by Crippen LogP contribution is 2.03. The predicted molar refractivity (Wildman–Crippen MR) is 62.4 cm³/mol. The molecule has 1 fully saturated rings. The summed E-state index contributed by atoms with van der Waals surface area (Å²) in [5, 5.41) is 2.62. The Bertz CT molecular complexity index is 306. The highest BCUT2D eigenvalue weighted by Gasteiger charge is 2.26. The molecule has 92 valence electrons. The quantitative estimate of drug-likeness (QED) is 0.726. The van der Waals surface area contributed by atoms with Gasteiger partial charge in [-0.15, -0.1) is 0 Å². The van der Waals surface area contributed by atoms with Crippen molar-refractivity contribution in [1.82, 2.24) is 10.2 Å². The van der Waals surface area contributed by atoms with Gasteiger partial charge in [-0.3, -0.25) is 13.8 Å². The molecule has 0 aromatic carbocycles. The maximum absolute atomic E-state index is 11.8. The van der Waals surface area contributed by atoms with Crippen molar-refractivity contribution in [2.24, 2.45) is 0 Å². The molecule has 0 radical (unpaired) electrons. The third kappa shape index (κ3) is 3.59. The van der Waals surface area contributed by atoms with Gasteiger partial charge in [-0.1, -0.05) is 6.92 Å². The van der Waals surface area contributed by atoms with Gasteiger partial charge in [0.05, 0.1) is 0 Å². The largest absolute Gasteiger partial charge is 0.345 e. The van der Waals surface area contributed by atoms with Crippen LogP contribution < -0.4 is 5.32 Å². The molecule has 2 amide bonds. The summed E-state index contributed by atoms with van der Waals surface area (Å²) in [4.78, 5) is 24.7. The van der Waals surface area contributed by atoms with Crippen molar-refractivity contribution in [3.8, 4) is 0 Å². The van der Waals surface area contributed by atoms with Gasteiger partial charge in [-0.05, 0) is 6.92 Å². The van der Waals surface area contributed by atoms with E-state index in [9.17, 15) is 13.8 Å². The first-order valence-corrected chi connectivity index (χ1v) is 6.96. The van der Waals surface area contributed by atoms with Gasteiger partial charge in [-0.25, -0.2) is 0 Å². The van der Waals surface area contributed by atoms with E-state index < -0.39 is 16.8 Å². The summed E-state index contributed by atoms with van der Waals surface area (Å²) in [6.07, 6.45) is 0.328. The molecule has 0 bridgehead atoms. The summed E-state index contributed by atoms with van der Waals surface area (Å²) in [7, 11) is -0.868. The Labute approximate surface area is 98.0 Å². The standard InChI is InChI=1S/C10H18N2O3S/c1-3-16(15)7-6-12-5-4-9(13)11-8(2)10(12)14/h8H,3-7H2,1-2H3,(H,11,13). The Balaban J connectivity index is 2.54. The molecular weight excluding hydrogens is 228 g/mol. The van der Waals surface area contributed by atoms with E-state index in [1.807, 2.05) is 6.92 Å². The molecule has 16 heavy (non-hydrogen) atoms. The Morgan fingerprint density at radius 1 is 1.50 bits per heavy atom. The van der Waals surface area contributed by atoms with E-state index in [0.29, 0.717) is 31.0 Å². The fourth-order valence-electron chi connectivity index (χ4n) is 1.57. The second-order valence-corrected chi connectivity index (χ2v) is 5.66. The molecule has 1 N–H and O–H groups in total. The van der Waals surface area contributed by atoms with E-state index in [2.05, 4.69) is 5.32 Å². The zero-order chi connectivity index (χ0) is 12.1. The predicted octanol–water partition coefficient (Wildman–Crippen LogP) is -0.508. The fraction of sp³-hybridized carbons (Fsp3) is 0.800. The highest BCUT2D eigenvalue weighted by molar-refractivity contribution is 7.84.